The fourth-order valence-corrected chi connectivity index (χ4v) is 4.14. The zero-order chi connectivity index (χ0) is 20.9. The van der Waals surface area contributed by atoms with E-state index >= 15 is 0 Å². The zero-order valence-corrected chi connectivity index (χ0v) is 18.0. The number of hydrogen-bond donors (Lipinski definition) is 1. The van der Waals surface area contributed by atoms with E-state index < -0.39 is 16.1 Å². The zero-order valence-electron chi connectivity index (χ0n) is 17.1. The van der Waals surface area contributed by atoms with Crippen LogP contribution in [0.3, 0.4) is 0 Å². The number of likely N-dealkylation sites (N-methyl/N-ethyl adjacent to an activating group) is 1. The van der Waals surface area contributed by atoms with Gasteiger partial charge in [-0.05, 0) is 56.2 Å². The molecule has 1 amide bonds. The fraction of sp³-hybridized carbons (Fsp3) is 0.381. The van der Waals surface area contributed by atoms with E-state index in [4.69, 9.17) is 0 Å². The molecule has 0 aliphatic carbocycles. The lowest BCUT2D eigenvalue weighted by Gasteiger charge is -2.29. The van der Waals surface area contributed by atoms with Crippen molar-refractivity contribution >= 4 is 27.3 Å². The Morgan fingerprint density at radius 2 is 1.68 bits per heavy atom. The first-order chi connectivity index (χ1) is 13.1. The number of amides is 1. The molecule has 0 spiro atoms. The number of hydrogen-bond acceptors (Lipinski definition) is 4. The number of nitrogens with one attached hydrogen (secondary N) is 1. The van der Waals surface area contributed by atoms with Gasteiger partial charge in [0, 0.05) is 25.8 Å². The average Bonchev–Trinajstić information content (AvgIpc) is 2.64. The predicted molar refractivity (Wildman–Crippen MR) is 115 cm³/mol. The lowest BCUT2D eigenvalue weighted by molar-refractivity contribution is -0.121. The molecule has 0 fully saturated rings. The van der Waals surface area contributed by atoms with Gasteiger partial charge in [-0.3, -0.25) is 9.10 Å². The number of rotatable bonds is 8. The Balaban J connectivity index is 2.06. The van der Waals surface area contributed by atoms with Crippen LogP contribution in [0.25, 0.3) is 0 Å². The summed E-state index contributed by atoms with van der Waals surface area (Å²) < 4.78 is 25.9. The van der Waals surface area contributed by atoms with Crippen molar-refractivity contribution in [2.45, 2.75) is 26.8 Å². The molecule has 1 atom stereocenters. The quantitative estimate of drug-likeness (QED) is 0.736. The molecule has 0 saturated carbocycles. The van der Waals surface area contributed by atoms with E-state index in [1.54, 1.807) is 19.1 Å². The van der Waals surface area contributed by atoms with Crippen LogP contribution in [-0.2, 0) is 14.8 Å². The molecule has 2 aromatic carbocycles. The number of sulfonamides is 1. The Kier molecular flexibility index (Phi) is 7.07. The number of nitrogens with zero attached hydrogens (tertiary/aromatic N) is 2. The lowest BCUT2D eigenvalue weighted by Crippen LogP contribution is -2.49. The molecule has 0 aromatic heterocycles. The van der Waals surface area contributed by atoms with E-state index in [0.717, 1.165) is 23.1 Å². The van der Waals surface area contributed by atoms with Crippen molar-refractivity contribution in [3.63, 3.8) is 0 Å². The molecule has 0 aliphatic rings. The fourth-order valence-electron chi connectivity index (χ4n) is 2.98. The Bertz CT molecular complexity index is 914. The Hall–Kier alpha value is -2.54. The molecule has 0 saturated heterocycles. The summed E-state index contributed by atoms with van der Waals surface area (Å²) in [5.41, 5.74) is 3.59. The first kappa shape index (κ1) is 21.8. The lowest BCUT2D eigenvalue weighted by atomic mass is 10.1. The highest BCUT2D eigenvalue weighted by Crippen LogP contribution is 2.23. The molecule has 7 heteroatoms. The van der Waals surface area contributed by atoms with Crippen LogP contribution in [0.2, 0.25) is 0 Å². The number of para-hydroxylation sites is 1. The van der Waals surface area contributed by atoms with Gasteiger partial charge < -0.3 is 10.2 Å². The summed E-state index contributed by atoms with van der Waals surface area (Å²) in [6.07, 6.45) is 1.12. The first-order valence-electron chi connectivity index (χ1n) is 9.22. The van der Waals surface area contributed by atoms with Gasteiger partial charge in [0.15, 0.2) is 0 Å². The number of anilines is 2. The Morgan fingerprint density at radius 1 is 1.04 bits per heavy atom. The molecule has 6 nitrogen and oxygen atoms in total. The van der Waals surface area contributed by atoms with E-state index in [9.17, 15) is 13.2 Å². The largest absolute Gasteiger partial charge is 0.373 e. The second-order valence-corrected chi connectivity index (χ2v) is 8.91. The highest BCUT2D eigenvalue weighted by atomic mass is 32.2. The van der Waals surface area contributed by atoms with E-state index in [-0.39, 0.29) is 5.91 Å². The minimum atomic E-state index is -3.61. The maximum absolute atomic E-state index is 12.6. The van der Waals surface area contributed by atoms with Gasteiger partial charge in [-0.25, -0.2) is 8.42 Å². The molecule has 2 rings (SSSR count). The normalized spacial score (nSPS) is 12.3. The van der Waals surface area contributed by atoms with Crippen LogP contribution >= 0.6 is 0 Å². The van der Waals surface area contributed by atoms with Gasteiger partial charge in [-0.1, -0.05) is 24.3 Å². The first-order valence-corrected chi connectivity index (χ1v) is 11.1. The summed E-state index contributed by atoms with van der Waals surface area (Å²) in [6.45, 7) is 6.52. The van der Waals surface area contributed by atoms with Crippen molar-refractivity contribution in [1.29, 1.82) is 0 Å². The standard InChI is InChI=1S/C21H29N3O3S/c1-16-11-12-20(15-17(16)2)24(28(5,26)27)18(3)21(25)22-13-14-23(4)19-9-7-6-8-10-19/h6-12,15,18H,13-14H2,1-5H3,(H,22,25)/t18-/m1/s1. The van der Waals surface area contributed by atoms with Crippen LogP contribution in [0.15, 0.2) is 48.5 Å². The van der Waals surface area contributed by atoms with E-state index in [2.05, 4.69) is 5.32 Å². The van der Waals surface area contributed by atoms with Crippen LogP contribution in [0.1, 0.15) is 18.1 Å². The predicted octanol–water partition coefficient (Wildman–Crippen LogP) is 2.71. The summed E-state index contributed by atoms with van der Waals surface area (Å²) in [4.78, 5) is 14.7. The molecule has 28 heavy (non-hydrogen) atoms. The number of benzene rings is 2. The van der Waals surface area contributed by atoms with Crippen molar-refractivity contribution < 1.29 is 13.2 Å². The van der Waals surface area contributed by atoms with Crippen LogP contribution in [0.5, 0.6) is 0 Å². The molecule has 0 heterocycles. The minimum absolute atomic E-state index is 0.329. The number of carbonyl (C=O) groups excluding carboxylic acids is 1. The third-order valence-corrected chi connectivity index (χ3v) is 6.02. The second-order valence-electron chi connectivity index (χ2n) is 7.05. The summed E-state index contributed by atoms with van der Waals surface area (Å²) in [5.74, 6) is -0.329. The molecule has 152 valence electrons. The SMILES string of the molecule is Cc1ccc(N([C@H](C)C(=O)NCCN(C)c2ccccc2)S(C)(=O)=O)cc1C. The minimum Gasteiger partial charge on any atom is -0.373 e. The molecule has 1 N–H and O–H groups in total. The van der Waals surface area contributed by atoms with Crippen molar-refractivity contribution in [3.05, 3.63) is 59.7 Å². The Labute approximate surface area is 168 Å². The van der Waals surface area contributed by atoms with Crippen LogP contribution in [0.4, 0.5) is 11.4 Å². The summed E-state index contributed by atoms with van der Waals surface area (Å²) in [6, 6.07) is 14.4. The summed E-state index contributed by atoms with van der Waals surface area (Å²) >= 11 is 0. The molecule has 0 aliphatic heterocycles. The smallest absolute Gasteiger partial charge is 0.243 e. The average molecular weight is 404 g/mol. The monoisotopic (exact) mass is 403 g/mol. The topological polar surface area (TPSA) is 69.7 Å². The summed E-state index contributed by atoms with van der Waals surface area (Å²) in [7, 11) is -1.67. The van der Waals surface area contributed by atoms with Gasteiger partial charge >= 0.3 is 0 Å². The summed E-state index contributed by atoms with van der Waals surface area (Å²) in [5, 5.41) is 2.84. The van der Waals surface area contributed by atoms with Crippen molar-refractivity contribution in [3.8, 4) is 0 Å². The van der Waals surface area contributed by atoms with Crippen LogP contribution in [0, 0.1) is 13.8 Å². The third kappa shape index (κ3) is 5.48. The van der Waals surface area contributed by atoms with Gasteiger partial charge in [-0.15, -0.1) is 0 Å². The highest BCUT2D eigenvalue weighted by molar-refractivity contribution is 7.92. The van der Waals surface area contributed by atoms with Gasteiger partial charge in [0.1, 0.15) is 6.04 Å². The van der Waals surface area contributed by atoms with E-state index in [1.807, 2.05) is 62.2 Å². The molecular weight excluding hydrogens is 374 g/mol. The van der Waals surface area contributed by atoms with Gasteiger partial charge in [0.05, 0.1) is 11.9 Å². The van der Waals surface area contributed by atoms with Crippen molar-refractivity contribution in [2.24, 2.45) is 0 Å². The Morgan fingerprint density at radius 3 is 2.25 bits per heavy atom. The van der Waals surface area contributed by atoms with Crippen LogP contribution in [-0.4, -0.2) is 46.8 Å². The molecule has 0 bridgehead atoms. The maximum Gasteiger partial charge on any atom is 0.243 e. The highest BCUT2D eigenvalue weighted by Gasteiger charge is 2.29. The van der Waals surface area contributed by atoms with Gasteiger partial charge in [0.25, 0.3) is 0 Å². The molecular formula is C21H29N3O3S. The van der Waals surface area contributed by atoms with E-state index in [0.29, 0.717) is 18.8 Å². The molecule has 2 aromatic rings. The molecule has 0 radical (unpaired) electrons. The van der Waals surface area contributed by atoms with Crippen molar-refractivity contribution in [1.82, 2.24) is 5.32 Å². The molecule has 0 unspecified atom stereocenters. The van der Waals surface area contributed by atoms with Gasteiger partial charge in [0.2, 0.25) is 15.9 Å². The number of aryl methyl sites for hydroxylation is 2. The number of carbonyl (C=O) groups is 1. The van der Waals surface area contributed by atoms with Crippen LogP contribution < -0.4 is 14.5 Å². The van der Waals surface area contributed by atoms with Crippen molar-refractivity contribution in [2.75, 3.05) is 35.6 Å². The van der Waals surface area contributed by atoms with Gasteiger partial charge in [-0.2, -0.15) is 0 Å². The van der Waals surface area contributed by atoms with E-state index in [1.165, 1.54) is 4.31 Å². The second kappa shape index (κ2) is 9.10. The third-order valence-electron chi connectivity index (χ3n) is 4.78. The maximum atomic E-state index is 12.6.